The first kappa shape index (κ1) is 17.6. The molecule has 140 valence electrons. The SMILES string of the molecule is O=C1CCc2ccc(C(=O)N3CCC(COc4ccccc4)CC3)cc2N1. The minimum Gasteiger partial charge on any atom is -0.493 e. The summed E-state index contributed by atoms with van der Waals surface area (Å²) in [4.78, 5) is 26.3. The maximum Gasteiger partial charge on any atom is 0.253 e. The Morgan fingerprint density at radius 3 is 2.63 bits per heavy atom. The van der Waals surface area contributed by atoms with Crippen LogP contribution in [0.15, 0.2) is 48.5 Å². The molecule has 0 bridgehead atoms. The number of rotatable bonds is 4. The Hall–Kier alpha value is -2.82. The van der Waals surface area contributed by atoms with Crippen LogP contribution in [0.25, 0.3) is 0 Å². The summed E-state index contributed by atoms with van der Waals surface area (Å²) in [5.41, 5.74) is 2.53. The number of nitrogens with one attached hydrogen (secondary N) is 1. The van der Waals surface area contributed by atoms with Crippen molar-refractivity contribution >= 4 is 17.5 Å². The fourth-order valence-electron chi connectivity index (χ4n) is 3.72. The Balaban J connectivity index is 1.32. The van der Waals surface area contributed by atoms with E-state index in [-0.39, 0.29) is 11.8 Å². The number of amides is 2. The molecule has 0 radical (unpaired) electrons. The normalized spacial score (nSPS) is 17.2. The Bertz CT molecular complexity index is 827. The molecule has 5 nitrogen and oxygen atoms in total. The van der Waals surface area contributed by atoms with Crippen LogP contribution < -0.4 is 10.1 Å². The molecule has 0 saturated carbocycles. The lowest BCUT2D eigenvalue weighted by molar-refractivity contribution is -0.116. The molecular weight excluding hydrogens is 340 g/mol. The summed E-state index contributed by atoms with van der Waals surface area (Å²) in [6.07, 6.45) is 3.14. The van der Waals surface area contributed by atoms with Crippen LogP contribution in [0.3, 0.4) is 0 Å². The third kappa shape index (κ3) is 4.13. The molecule has 0 spiro atoms. The summed E-state index contributed by atoms with van der Waals surface area (Å²) in [5.74, 6) is 1.43. The summed E-state index contributed by atoms with van der Waals surface area (Å²) in [6.45, 7) is 2.17. The van der Waals surface area contributed by atoms with Crippen LogP contribution in [0.1, 0.15) is 35.2 Å². The first-order valence-electron chi connectivity index (χ1n) is 9.59. The molecule has 0 aliphatic carbocycles. The topological polar surface area (TPSA) is 58.6 Å². The summed E-state index contributed by atoms with van der Waals surface area (Å²) >= 11 is 0. The van der Waals surface area contributed by atoms with Gasteiger partial charge in [0.05, 0.1) is 6.61 Å². The van der Waals surface area contributed by atoms with Crippen LogP contribution in [-0.2, 0) is 11.2 Å². The van der Waals surface area contributed by atoms with Crippen molar-refractivity contribution in [3.8, 4) is 5.75 Å². The highest BCUT2D eigenvalue weighted by atomic mass is 16.5. The number of hydrogen-bond donors (Lipinski definition) is 1. The molecule has 2 aliphatic heterocycles. The lowest BCUT2D eigenvalue weighted by Gasteiger charge is -2.32. The van der Waals surface area contributed by atoms with E-state index in [1.165, 1.54) is 0 Å². The lowest BCUT2D eigenvalue weighted by Crippen LogP contribution is -2.39. The Labute approximate surface area is 159 Å². The molecule has 27 heavy (non-hydrogen) atoms. The van der Waals surface area contributed by atoms with E-state index in [0.717, 1.165) is 49.4 Å². The molecule has 1 saturated heterocycles. The highest BCUT2D eigenvalue weighted by Gasteiger charge is 2.25. The van der Waals surface area contributed by atoms with Gasteiger partial charge in [0.15, 0.2) is 0 Å². The van der Waals surface area contributed by atoms with Gasteiger partial charge >= 0.3 is 0 Å². The van der Waals surface area contributed by atoms with Gasteiger partial charge in [-0.25, -0.2) is 0 Å². The highest BCUT2D eigenvalue weighted by molar-refractivity contribution is 5.99. The molecular formula is C22H24N2O3. The minimum absolute atomic E-state index is 0.0197. The second kappa shape index (κ2) is 7.82. The molecule has 4 rings (SSSR count). The van der Waals surface area contributed by atoms with Crippen LogP contribution in [0.4, 0.5) is 5.69 Å². The van der Waals surface area contributed by atoms with E-state index in [9.17, 15) is 9.59 Å². The second-order valence-electron chi connectivity index (χ2n) is 7.28. The number of para-hydroxylation sites is 1. The van der Waals surface area contributed by atoms with Crippen molar-refractivity contribution in [3.63, 3.8) is 0 Å². The van der Waals surface area contributed by atoms with E-state index in [2.05, 4.69) is 5.32 Å². The van der Waals surface area contributed by atoms with Crippen molar-refractivity contribution in [2.24, 2.45) is 5.92 Å². The number of aryl methyl sites for hydroxylation is 1. The first-order chi connectivity index (χ1) is 13.2. The van der Waals surface area contributed by atoms with Crippen molar-refractivity contribution in [1.29, 1.82) is 0 Å². The van der Waals surface area contributed by atoms with Gasteiger partial charge in [-0.2, -0.15) is 0 Å². The summed E-state index contributed by atoms with van der Waals surface area (Å²) < 4.78 is 5.85. The number of ether oxygens (including phenoxy) is 1. The van der Waals surface area contributed by atoms with Gasteiger partial charge in [-0.05, 0) is 55.0 Å². The molecule has 5 heteroatoms. The maximum atomic E-state index is 12.8. The molecule has 1 N–H and O–H groups in total. The molecule has 2 aromatic carbocycles. The van der Waals surface area contributed by atoms with Crippen molar-refractivity contribution in [3.05, 3.63) is 59.7 Å². The summed E-state index contributed by atoms with van der Waals surface area (Å²) in [6, 6.07) is 15.5. The number of carbonyl (C=O) groups excluding carboxylic acids is 2. The molecule has 0 aromatic heterocycles. The van der Waals surface area contributed by atoms with Crippen LogP contribution >= 0.6 is 0 Å². The summed E-state index contributed by atoms with van der Waals surface area (Å²) in [7, 11) is 0. The van der Waals surface area contributed by atoms with Gasteiger partial charge in [-0.15, -0.1) is 0 Å². The summed E-state index contributed by atoms with van der Waals surface area (Å²) in [5, 5.41) is 2.87. The number of piperidine rings is 1. The van der Waals surface area contributed by atoms with Crippen LogP contribution in [0.2, 0.25) is 0 Å². The zero-order valence-electron chi connectivity index (χ0n) is 15.3. The van der Waals surface area contributed by atoms with Crippen LogP contribution in [0.5, 0.6) is 5.75 Å². The molecule has 2 amide bonds. The third-order valence-corrected chi connectivity index (χ3v) is 5.38. The molecule has 0 unspecified atom stereocenters. The Kier molecular flexibility index (Phi) is 5.10. The highest BCUT2D eigenvalue weighted by Crippen LogP contribution is 2.26. The van der Waals surface area contributed by atoms with Gasteiger partial charge in [-0.3, -0.25) is 9.59 Å². The zero-order valence-corrected chi connectivity index (χ0v) is 15.3. The fraction of sp³-hybridized carbons (Fsp3) is 0.364. The number of nitrogens with zero attached hydrogens (tertiary/aromatic N) is 1. The van der Waals surface area contributed by atoms with E-state index in [1.807, 2.05) is 53.4 Å². The average Bonchev–Trinajstić information content (AvgIpc) is 2.72. The number of benzene rings is 2. The van der Waals surface area contributed by atoms with Gasteiger partial charge in [0.1, 0.15) is 5.75 Å². The number of hydrogen-bond acceptors (Lipinski definition) is 3. The molecule has 2 aliphatic rings. The van der Waals surface area contributed by atoms with Crippen molar-refractivity contribution in [2.75, 3.05) is 25.0 Å². The van der Waals surface area contributed by atoms with E-state index in [0.29, 0.717) is 24.5 Å². The number of fused-ring (bicyclic) bond motifs is 1. The predicted molar refractivity (Wildman–Crippen MR) is 104 cm³/mol. The maximum absolute atomic E-state index is 12.8. The van der Waals surface area contributed by atoms with E-state index in [4.69, 9.17) is 4.74 Å². The molecule has 1 fully saturated rings. The van der Waals surface area contributed by atoms with Gasteiger partial charge in [-0.1, -0.05) is 24.3 Å². The molecule has 2 aromatic rings. The zero-order chi connectivity index (χ0) is 18.6. The van der Waals surface area contributed by atoms with Gasteiger partial charge < -0.3 is 15.0 Å². The van der Waals surface area contributed by atoms with E-state index in [1.54, 1.807) is 0 Å². The monoisotopic (exact) mass is 364 g/mol. The van der Waals surface area contributed by atoms with Crippen LogP contribution in [0, 0.1) is 5.92 Å². The Morgan fingerprint density at radius 2 is 1.85 bits per heavy atom. The van der Waals surface area contributed by atoms with Gasteiger partial charge in [0.25, 0.3) is 5.91 Å². The van der Waals surface area contributed by atoms with Crippen molar-refractivity contribution in [2.45, 2.75) is 25.7 Å². The molecule has 0 atom stereocenters. The number of likely N-dealkylation sites (tertiary alicyclic amines) is 1. The van der Waals surface area contributed by atoms with E-state index >= 15 is 0 Å². The third-order valence-electron chi connectivity index (χ3n) is 5.38. The Morgan fingerprint density at radius 1 is 1.07 bits per heavy atom. The lowest BCUT2D eigenvalue weighted by atomic mass is 9.96. The number of carbonyl (C=O) groups is 2. The minimum atomic E-state index is 0.0197. The predicted octanol–water partition coefficient (Wildman–Crippen LogP) is 3.50. The average molecular weight is 364 g/mol. The van der Waals surface area contributed by atoms with Crippen molar-refractivity contribution in [1.82, 2.24) is 4.90 Å². The standard InChI is InChI=1S/C22H24N2O3/c25-21-9-8-17-6-7-18(14-20(17)23-21)22(26)24-12-10-16(11-13-24)15-27-19-4-2-1-3-5-19/h1-7,14,16H,8-13,15H2,(H,23,25). The second-order valence-corrected chi connectivity index (χ2v) is 7.28. The molecule has 2 heterocycles. The van der Waals surface area contributed by atoms with E-state index < -0.39 is 0 Å². The number of anilines is 1. The van der Waals surface area contributed by atoms with Crippen LogP contribution in [-0.4, -0.2) is 36.4 Å². The largest absolute Gasteiger partial charge is 0.493 e. The smallest absolute Gasteiger partial charge is 0.253 e. The van der Waals surface area contributed by atoms with Gasteiger partial charge in [0, 0.05) is 30.8 Å². The fourth-order valence-corrected chi connectivity index (χ4v) is 3.72. The van der Waals surface area contributed by atoms with Crippen molar-refractivity contribution < 1.29 is 14.3 Å². The van der Waals surface area contributed by atoms with Gasteiger partial charge in [0.2, 0.25) is 5.91 Å². The first-order valence-corrected chi connectivity index (χ1v) is 9.59. The quantitative estimate of drug-likeness (QED) is 0.903.